The van der Waals surface area contributed by atoms with Crippen LogP contribution >= 0.6 is 15.9 Å². The molecule has 0 aliphatic rings. The Hall–Kier alpha value is -1.08. The number of rotatable bonds is 4. The molecule has 5 nitrogen and oxygen atoms in total. The lowest BCUT2D eigenvalue weighted by atomic mass is 10.2. The third-order valence-electron chi connectivity index (χ3n) is 1.98. The minimum atomic E-state index is -3.72. The molecule has 0 fully saturated rings. The average molecular weight is 322 g/mol. The molecule has 0 aliphatic carbocycles. The molecule has 94 valence electrons. The van der Waals surface area contributed by atoms with Crippen molar-refractivity contribution in [3.8, 4) is 0 Å². The van der Waals surface area contributed by atoms with E-state index in [1.807, 2.05) is 6.92 Å². The van der Waals surface area contributed by atoms with E-state index in [9.17, 15) is 13.2 Å². The quantitative estimate of drug-likeness (QED) is 0.856. The van der Waals surface area contributed by atoms with Gasteiger partial charge in [0, 0.05) is 10.2 Å². The molecule has 0 aliphatic heterocycles. The maximum atomic E-state index is 11.5. The zero-order chi connectivity index (χ0) is 13.1. The molecule has 0 radical (unpaired) electrons. The van der Waals surface area contributed by atoms with Crippen LogP contribution in [0.1, 0.15) is 5.56 Å². The fraction of sp³-hybridized carbons (Fsp3) is 0.300. The minimum absolute atomic E-state index is 0.395. The van der Waals surface area contributed by atoms with E-state index in [0.717, 1.165) is 17.1 Å². The van der Waals surface area contributed by atoms with Crippen LogP contribution in [0.5, 0.6) is 0 Å². The predicted octanol–water partition coefficient (Wildman–Crippen LogP) is 1.67. The van der Waals surface area contributed by atoms with Gasteiger partial charge in [-0.3, -0.25) is 9.52 Å². The van der Waals surface area contributed by atoms with Crippen LogP contribution in [0.25, 0.3) is 0 Å². The van der Waals surface area contributed by atoms with Crippen molar-refractivity contribution in [1.82, 2.24) is 0 Å². The highest BCUT2D eigenvalue weighted by molar-refractivity contribution is 9.10. The Balaban J connectivity index is 2.83. The van der Waals surface area contributed by atoms with E-state index in [2.05, 4.69) is 25.4 Å². The van der Waals surface area contributed by atoms with Gasteiger partial charge in [0.15, 0.2) is 5.75 Å². The Morgan fingerprint density at radius 1 is 1.47 bits per heavy atom. The molecule has 0 unspecified atom stereocenters. The summed E-state index contributed by atoms with van der Waals surface area (Å²) in [6, 6.07) is 5.01. The zero-order valence-electron chi connectivity index (χ0n) is 9.36. The first-order chi connectivity index (χ1) is 7.84. The van der Waals surface area contributed by atoms with Gasteiger partial charge in [0.1, 0.15) is 0 Å². The number of nitrogens with one attached hydrogen (secondary N) is 1. The van der Waals surface area contributed by atoms with Crippen LogP contribution in [-0.2, 0) is 19.6 Å². The van der Waals surface area contributed by atoms with Crippen molar-refractivity contribution in [1.29, 1.82) is 0 Å². The van der Waals surface area contributed by atoms with Gasteiger partial charge in [0.05, 0.1) is 7.11 Å². The highest BCUT2D eigenvalue weighted by Crippen LogP contribution is 2.21. The van der Waals surface area contributed by atoms with Crippen molar-refractivity contribution in [2.75, 3.05) is 17.6 Å². The van der Waals surface area contributed by atoms with Gasteiger partial charge in [-0.2, -0.15) is 0 Å². The van der Waals surface area contributed by atoms with Gasteiger partial charge in [-0.1, -0.05) is 22.0 Å². The first kappa shape index (κ1) is 14.0. The van der Waals surface area contributed by atoms with Gasteiger partial charge in [0.25, 0.3) is 0 Å². The topological polar surface area (TPSA) is 72.5 Å². The number of hydrogen-bond acceptors (Lipinski definition) is 4. The molecule has 7 heteroatoms. The van der Waals surface area contributed by atoms with Crippen LogP contribution in [0.2, 0.25) is 0 Å². The van der Waals surface area contributed by atoms with Gasteiger partial charge < -0.3 is 4.74 Å². The molecule has 1 aromatic carbocycles. The van der Waals surface area contributed by atoms with Crippen LogP contribution in [0.4, 0.5) is 5.69 Å². The normalized spacial score (nSPS) is 11.0. The summed E-state index contributed by atoms with van der Waals surface area (Å²) in [7, 11) is -2.58. The lowest BCUT2D eigenvalue weighted by molar-refractivity contribution is -0.137. The van der Waals surface area contributed by atoms with Gasteiger partial charge in [0.2, 0.25) is 10.0 Å². The largest absolute Gasteiger partial charge is 0.468 e. The summed E-state index contributed by atoms with van der Waals surface area (Å²) in [4.78, 5) is 10.9. The number of carbonyl (C=O) groups excluding carboxylic acids is 1. The van der Waals surface area contributed by atoms with Crippen molar-refractivity contribution in [3.05, 3.63) is 28.2 Å². The van der Waals surface area contributed by atoms with Gasteiger partial charge >= 0.3 is 5.97 Å². The molecule has 0 aromatic heterocycles. The molecular weight excluding hydrogens is 310 g/mol. The van der Waals surface area contributed by atoms with Gasteiger partial charge in [-0.05, 0) is 24.6 Å². The average Bonchev–Trinajstić information content (AvgIpc) is 2.22. The molecule has 0 saturated carbocycles. The zero-order valence-corrected chi connectivity index (χ0v) is 11.8. The number of halogens is 1. The fourth-order valence-electron chi connectivity index (χ4n) is 1.09. The summed E-state index contributed by atoms with van der Waals surface area (Å²) in [5.41, 5.74) is 1.38. The number of hydrogen-bond donors (Lipinski definition) is 1. The molecule has 0 amide bonds. The van der Waals surface area contributed by atoms with E-state index in [0.29, 0.717) is 5.69 Å². The van der Waals surface area contributed by atoms with Crippen LogP contribution in [-0.4, -0.2) is 27.2 Å². The number of esters is 1. The first-order valence-electron chi connectivity index (χ1n) is 4.67. The van der Waals surface area contributed by atoms with E-state index in [4.69, 9.17) is 0 Å². The number of ether oxygens (including phenoxy) is 1. The van der Waals surface area contributed by atoms with E-state index in [1.54, 1.807) is 18.2 Å². The first-order valence-corrected chi connectivity index (χ1v) is 7.12. The number of sulfonamides is 1. The molecule has 0 saturated heterocycles. The Morgan fingerprint density at radius 2 is 2.12 bits per heavy atom. The van der Waals surface area contributed by atoms with E-state index in [1.165, 1.54) is 0 Å². The molecule has 1 aromatic rings. The maximum Gasteiger partial charge on any atom is 0.322 e. The molecule has 17 heavy (non-hydrogen) atoms. The van der Waals surface area contributed by atoms with Crippen LogP contribution in [0.3, 0.4) is 0 Å². The summed E-state index contributed by atoms with van der Waals surface area (Å²) < 4.78 is 30.5. The second-order valence-electron chi connectivity index (χ2n) is 3.40. The van der Waals surface area contributed by atoms with Crippen LogP contribution in [0, 0.1) is 6.92 Å². The van der Waals surface area contributed by atoms with E-state index in [-0.39, 0.29) is 0 Å². The molecule has 0 bridgehead atoms. The number of carbonyl (C=O) groups is 1. The number of aryl methyl sites for hydroxylation is 1. The lowest BCUT2D eigenvalue weighted by Gasteiger charge is -2.08. The SMILES string of the molecule is COC(=O)CS(=O)(=O)Nc1ccc(C)c(Br)c1. The molecule has 1 rings (SSSR count). The van der Waals surface area contributed by atoms with Crippen LogP contribution < -0.4 is 4.72 Å². The van der Waals surface area contributed by atoms with E-state index < -0.39 is 21.7 Å². The van der Waals surface area contributed by atoms with Gasteiger partial charge in [-0.15, -0.1) is 0 Å². The summed E-state index contributed by atoms with van der Waals surface area (Å²) >= 11 is 3.29. The summed E-state index contributed by atoms with van der Waals surface area (Å²) in [6.07, 6.45) is 0. The Labute approximate surface area is 108 Å². The standard InChI is InChI=1S/C10H12BrNO4S/c1-7-3-4-8(5-9(7)11)12-17(14,15)6-10(13)16-2/h3-5,12H,6H2,1-2H3. The molecule has 1 N–H and O–H groups in total. The summed E-state index contributed by atoms with van der Waals surface area (Å²) in [6.45, 7) is 1.89. The minimum Gasteiger partial charge on any atom is -0.468 e. The fourth-order valence-corrected chi connectivity index (χ4v) is 2.45. The van der Waals surface area contributed by atoms with Crippen LogP contribution in [0.15, 0.2) is 22.7 Å². The Bertz CT molecular complexity index is 527. The summed E-state index contributed by atoms with van der Waals surface area (Å²) in [5, 5.41) is 0. The summed E-state index contributed by atoms with van der Waals surface area (Å²) in [5.74, 6) is -1.50. The van der Waals surface area contributed by atoms with Crippen molar-refractivity contribution in [2.45, 2.75) is 6.92 Å². The van der Waals surface area contributed by atoms with E-state index >= 15 is 0 Å². The van der Waals surface area contributed by atoms with Gasteiger partial charge in [-0.25, -0.2) is 8.42 Å². The second-order valence-corrected chi connectivity index (χ2v) is 5.98. The predicted molar refractivity (Wildman–Crippen MR) is 68.3 cm³/mol. The van der Waals surface area contributed by atoms with Crippen molar-refractivity contribution < 1.29 is 17.9 Å². The highest BCUT2D eigenvalue weighted by atomic mass is 79.9. The molecule has 0 spiro atoms. The molecule has 0 atom stereocenters. The third kappa shape index (κ3) is 4.35. The number of benzene rings is 1. The third-order valence-corrected chi connectivity index (χ3v) is 4.00. The van der Waals surface area contributed by atoms with Crippen molar-refractivity contribution >= 4 is 37.6 Å². The van der Waals surface area contributed by atoms with Crippen molar-refractivity contribution in [2.24, 2.45) is 0 Å². The Morgan fingerprint density at radius 3 is 2.65 bits per heavy atom. The highest BCUT2D eigenvalue weighted by Gasteiger charge is 2.16. The second kappa shape index (κ2) is 5.50. The molecule has 0 heterocycles. The monoisotopic (exact) mass is 321 g/mol. The number of anilines is 1. The van der Waals surface area contributed by atoms with Crippen molar-refractivity contribution in [3.63, 3.8) is 0 Å². The molecular formula is C10H12BrNO4S. The number of methoxy groups -OCH3 is 1. The maximum absolute atomic E-state index is 11.5. The lowest BCUT2D eigenvalue weighted by Crippen LogP contribution is -2.23. The Kier molecular flexibility index (Phi) is 4.53. The smallest absolute Gasteiger partial charge is 0.322 e.